The van der Waals surface area contributed by atoms with Gasteiger partial charge >= 0.3 is 5.97 Å². The molecule has 2 aromatic carbocycles. The Hall–Kier alpha value is -2.56. The van der Waals surface area contributed by atoms with E-state index in [1.54, 1.807) is 6.07 Å². The quantitative estimate of drug-likeness (QED) is 0.820. The highest BCUT2D eigenvalue weighted by molar-refractivity contribution is 5.87. The summed E-state index contributed by atoms with van der Waals surface area (Å²) in [5.41, 5.74) is 1.11. The van der Waals surface area contributed by atoms with Gasteiger partial charge in [-0.25, -0.2) is 4.79 Å². The number of benzene rings is 2. The smallest absolute Gasteiger partial charge is 0.341 e. The van der Waals surface area contributed by atoms with Crippen LogP contribution < -0.4 is 10.1 Å². The fourth-order valence-electron chi connectivity index (χ4n) is 2.90. The van der Waals surface area contributed by atoms with Crippen LogP contribution in [0, 0.1) is 5.92 Å². The normalized spacial score (nSPS) is 14.2. The van der Waals surface area contributed by atoms with E-state index in [9.17, 15) is 9.59 Å². The largest absolute Gasteiger partial charge is 0.482 e. The standard InChI is InChI=1S/C19H21NO4/c21-18(22)12-24-16-8-7-13-3-1-4-14(17(13)11-16)9-10-20-19(23)15-5-2-6-15/h1,3-4,7-8,11,15H,2,5-6,9-10,12H2,(H,20,23)(H,21,22). The third-order valence-electron chi connectivity index (χ3n) is 4.48. The Morgan fingerprint density at radius 1 is 1.21 bits per heavy atom. The molecule has 1 aliphatic rings. The van der Waals surface area contributed by atoms with E-state index in [1.807, 2.05) is 30.3 Å². The Morgan fingerprint density at radius 3 is 2.75 bits per heavy atom. The van der Waals surface area contributed by atoms with E-state index in [0.717, 1.165) is 42.0 Å². The van der Waals surface area contributed by atoms with Crippen molar-refractivity contribution in [3.05, 3.63) is 42.0 Å². The maximum Gasteiger partial charge on any atom is 0.341 e. The van der Waals surface area contributed by atoms with Crippen LogP contribution in [0.4, 0.5) is 0 Å². The Morgan fingerprint density at radius 2 is 2.04 bits per heavy atom. The highest BCUT2D eigenvalue weighted by Crippen LogP contribution is 2.27. The molecule has 5 heteroatoms. The number of nitrogens with one attached hydrogen (secondary N) is 1. The number of carbonyl (C=O) groups excluding carboxylic acids is 1. The number of rotatable bonds is 7. The lowest BCUT2D eigenvalue weighted by atomic mass is 9.85. The molecule has 1 amide bonds. The van der Waals surface area contributed by atoms with Gasteiger partial charge in [0.15, 0.2) is 6.61 Å². The second-order valence-electron chi connectivity index (χ2n) is 6.15. The number of aliphatic carboxylic acids is 1. The Balaban J connectivity index is 1.68. The van der Waals surface area contributed by atoms with Crippen LogP contribution in [0.25, 0.3) is 10.8 Å². The van der Waals surface area contributed by atoms with Crippen molar-refractivity contribution in [2.45, 2.75) is 25.7 Å². The van der Waals surface area contributed by atoms with Crippen LogP contribution in [0.15, 0.2) is 36.4 Å². The third kappa shape index (κ3) is 3.85. The molecule has 1 aliphatic carbocycles. The van der Waals surface area contributed by atoms with Crippen LogP contribution in [0.2, 0.25) is 0 Å². The first-order valence-corrected chi connectivity index (χ1v) is 8.27. The number of fused-ring (bicyclic) bond motifs is 1. The van der Waals surface area contributed by atoms with Crippen molar-refractivity contribution in [3.8, 4) is 5.75 Å². The summed E-state index contributed by atoms with van der Waals surface area (Å²) in [5.74, 6) is -0.0987. The molecule has 1 saturated carbocycles. The second-order valence-corrected chi connectivity index (χ2v) is 6.15. The zero-order valence-electron chi connectivity index (χ0n) is 13.5. The van der Waals surface area contributed by atoms with Crippen LogP contribution in [-0.2, 0) is 16.0 Å². The maximum atomic E-state index is 11.9. The molecule has 0 atom stereocenters. The van der Waals surface area contributed by atoms with Crippen molar-refractivity contribution in [1.82, 2.24) is 5.32 Å². The van der Waals surface area contributed by atoms with Gasteiger partial charge in [-0.3, -0.25) is 4.79 Å². The minimum Gasteiger partial charge on any atom is -0.482 e. The van der Waals surface area contributed by atoms with E-state index in [-0.39, 0.29) is 18.4 Å². The van der Waals surface area contributed by atoms with E-state index >= 15 is 0 Å². The van der Waals surface area contributed by atoms with Crippen LogP contribution in [0.3, 0.4) is 0 Å². The molecule has 0 spiro atoms. The summed E-state index contributed by atoms with van der Waals surface area (Å²) in [4.78, 5) is 22.5. The van der Waals surface area contributed by atoms with Crippen molar-refractivity contribution < 1.29 is 19.4 Å². The number of amides is 1. The Kier molecular flexibility index (Phi) is 4.99. The van der Waals surface area contributed by atoms with Gasteiger partial charge in [-0.15, -0.1) is 0 Å². The van der Waals surface area contributed by atoms with E-state index in [4.69, 9.17) is 9.84 Å². The SMILES string of the molecule is O=C(O)COc1ccc2cccc(CCNC(=O)C3CCC3)c2c1. The minimum atomic E-state index is -0.998. The molecule has 0 unspecified atom stereocenters. The lowest BCUT2D eigenvalue weighted by Crippen LogP contribution is -2.35. The van der Waals surface area contributed by atoms with Crippen LogP contribution in [0.5, 0.6) is 5.75 Å². The van der Waals surface area contributed by atoms with Crippen molar-refractivity contribution in [3.63, 3.8) is 0 Å². The number of carbonyl (C=O) groups is 2. The molecule has 0 radical (unpaired) electrons. The molecular weight excluding hydrogens is 306 g/mol. The zero-order valence-corrected chi connectivity index (χ0v) is 13.5. The number of hydrogen-bond acceptors (Lipinski definition) is 3. The predicted molar refractivity (Wildman–Crippen MR) is 91.1 cm³/mol. The van der Waals surface area contributed by atoms with Crippen molar-refractivity contribution in [1.29, 1.82) is 0 Å². The first-order valence-electron chi connectivity index (χ1n) is 8.27. The van der Waals surface area contributed by atoms with Gasteiger partial charge in [0.1, 0.15) is 5.75 Å². The lowest BCUT2D eigenvalue weighted by Gasteiger charge is -2.24. The molecule has 0 bridgehead atoms. The van der Waals surface area contributed by atoms with Gasteiger partial charge in [-0.1, -0.05) is 30.7 Å². The predicted octanol–water partition coefficient (Wildman–Crippen LogP) is 2.76. The highest BCUT2D eigenvalue weighted by Gasteiger charge is 2.24. The van der Waals surface area contributed by atoms with Gasteiger partial charge in [0.2, 0.25) is 5.91 Å². The molecule has 2 aromatic rings. The molecule has 0 aromatic heterocycles. The fraction of sp³-hybridized carbons (Fsp3) is 0.368. The van der Waals surface area contributed by atoms with E-state index in [1.165, 1.54) is 0 Å². The van der Waals surface area contributed by atoms with Crippen LogP contribution in [0.1, 0.15) is 24.8 Å². The van der Waals surface area contributed by atoms with Gasteiger partial charge in [0, 0.05) is 12.5 Å². The van der Waals surface area contributed by atoms with Crippen molar-refractivity contribution in [2.24, 2.45) is 5.92 Å². The summed E-state index contributed by atoms with van der Waals surface area (Å²) in [6.07, 6.45) is 3.90. The average Bonchev–Trinajstić information content (AvgIpc) is 2.51. The van der Waals surface area contributed by atoms with Crippen LogP contribution >= 0.6 is 0 Å². The molecule has 126 valence electrons. The average molecular weight is 327 g/mol. The van der Waals surface area contributed by atoms with Gasteiger partial charge in [0.05, 0.1) is 0 Å². The summed E-state index contributed by atoms with van der Waals surface area (Å²) in [5, 5.41) is 13.8. The molecule has 0 aliphatic heterocycles. The summed E-state index contributed by atoms with van der Waals surface area (Å²) < 4.78 is 5.26. The fourth-order valence-corrected chi connectivity index (χ4v) is 2.90. The molecule has 5 nitrogen and oxygen atoms in total. The molecule has 1 fully saturated rings. The van der Waals surface area contributed by atoms with Crippen molar-refractivity contribution >= 4 is 22.6 Å². The molecule has 0 saturated heterocycles. The second kappa shape index (κ2) is 7.34. The first kappa shape index (κ1) is 16.3. The monoisotopic (exact) mass is 327 g/mol. The van der Waals surface area contributed by atoms with Crippen LogP contribution in [-0.4, -0.2) is 30.1 Å². The minimum absolute atomic E-state index is 0.159. The lowest BCUT2D eigenvalue weighted by molar-refractivity contribution is -0.139. The summed E-state index contributed by atoms with van der Waals surface area (Å²) in [6.45, 7) is 0.250. The third-order valence-corrected chi connectivity index (χ3v) is 4.48. The number of ether oxygens (including phenoxy) is 1. The number of hydrogen-bond donors (Lipinski definition) is 2. The zero-order chi connectivity index (χ0) is 16.9. The maximum absolute atomic E-state index is 11.9. The first-order chi connectivity index (χ1) is 11.6. The summed E-state index contributed by atoms with van der Waals surface area (Å²) >= 11 is 0. The summed E-state index contributed by atoms with van der Waals surface area (Å²) in [6, 6.07) is 11.6. The molecule has 3 rings (SSSR count). The van der Waals surface area contributed by atoms with Gasteiger partial charge < -0.3 is 15.2 Å². The molecule has 2 N–H and O–H groups in total. The van der Waals surface area contributed by atoms with Gasteiger partial charge in [0.25, 0.3) is 0 Å². The summed E-state index contributed by atoms with van der Waals surface area (Å²) in [7, 11) is 0. The van der Waals surface area contributed by atoms with Gasteiger partial charge in [-0.05, 0) is 47.7 Å². The van der Waals surface area contributed by atoms with Gasteiger partial charge in [-0.2, -0.15) is 0 Å². The Bertz CT molecular complexity index is 752. The van der Waals surface area contributed by atoms with E-state index < -0.39 is 5.97 Å². The molecule has 24 heavy (non-hydrogen) atoms. The van der Waals surface area contributed by atoms with E-state index in [0.29, 0.717) is 12.3 Å². The molecule has 0 heterocycles. The van der Waals surface area contributed by atoms with Crippen molar-refractivity contribution in [2.75, 3.05) is 13.2 Å². The molecular formula is C19H21NO4. The Labute approximate surface area is 140 Å². The highest BCUT2D eigenvalue weighted by atomic mass is 16.5. The number of carboxylic acid groups (broad SMARTS) is 1. The van der Waals surface area contributed by atoms with E-state index in [2.05, 4.69) is 5.32 Å². The topological polar surface area (TPSA) is 75.6 Å². The number of carboxylic acids is 1.